The molecule has 0 spiro atoms. The van der Waals surface area contributed by atoms with Crippen LogP contribution < -0.4 is 0 Å². The zero-order valence-corrected chi connectivity index (χ0v) is 6.34. The second-order valence-electron chi connectivity index (χ2n) is 2.47. The normalized spacial score (nSPS) is 43.6. The lowest BCUT2D eigenvalue weighted by atomic mass is 9.96. The Morgan fingerprint density at radius 2 is 2.44 bits per heavy atom. The van der Waals surface area contributed by atoms with E-state index in [9.17, 15) is 5.11 Å². The number of hydrogen-bond acceptors (Lipinski definition) is 3. The maximum absolute atomic E-state index is 9.19. The third-order valence-electron chi connectivity index (χ3n) is 1.59. The van der Waals surface area contributed by atoms with E-state index in [1.54, 1.807) is 0 Å². The molecule has 52 valence electrons. The first kappa shape index (κ1) is 7.44. The van der Waals surface area contributed by atoms with Gasteiger partial charge in [-0.15, -0.1) is 0 Å². The van der Waals surface area contributed by atoms with E-state index in [0.717, 1.165) is 6.42 Å². The van der Waals surface area contributed by atoms with Gasteiger partial charge in [-0.25, -0.2) is 0 Å². The van der Waals surface area contributed by atoms with E-state index in [1.807, 2.05) is 7.85 Å². The van der Waals surface area contributed by atoms with E-state index >= 15 is 0 Å². The van der Waals surface area contributed by atoms with Gasteiger partial charge in [0.15, 0.2) is 0 Å². The van der Waals surface area contributed by atoms with Crippen molar-refractivity contribution in [2.24, 2.45) is 0 Å². The van der Waals surface area contributed by atoms with Crippen LogP contribution in [0, 0.1) is 0 Å². The summed E-state index contributed by atoms with van der Waals surface area (Å²) in [6.07, 6.45) is 0.423. The van der Waals surface area contributed by atoms with Crippen molar-refractivity contribution in [3.8, 4) is 0 Å². The number of aliphatic hydroxyl groups is 1. The minimum atomic E-state index is -0.294. The molecular formula is C5H11BO2S. The van der Waals surface area contributed by atoms with E-state index in [1.165, 1.54) is 0 Å². The Morgan fingerprint density at radius 3 is 2.67 bits per heavy atom. The zero-order valence-electron chi connectivity index (χ0n) is 5.45. The predicted molar refractivity (Wildman–Crippen MR) is 41.7 cm³/mol. The number of ether oxygens (including phenoxy) is 1. The summed E-state index contributed by atoms with van der Waals surface area (Å²) in [5, 5.41) is 9.19. The van der Waals surface area contributed by atoms with Crippen molar-refractivity contribution in [3.63, 3.8) is 0 Å². The lowest BCUT2D eigenvalue weighted by molar-refractivity contribution is 0.0490. The molecule has 1 aliphatic heterocycles. The highest BCUT2D eigenvalue weighted by atomic mass is 32.1. The molecule has 1 heterocycles. The Kier molecular flexibility index (Phi) is 2.44. The summed E-state index contributed by atoms with van der Waals surface area (Å²) in [6.45, 7) is 0. The Balaban J connectivity index is 2.38. The van der Waals surface area contributed by atoms with Crippen LogP contribution in [0.2, 0.25) is 0 Å². The topological polar surface area (TPSA) is 29.5 Å². The van der Waals surface area contributed by atoms with Gasteiger partial charge in [0, 0.05) is 11.8 Å². The van der Waals surface area contributed by atoms with Gasteiger partial charge in [0.25, 0.3) is 0 Å². The van der Waals surface area contributed by atoms with Gasteiger partial charge < -0.3 is 9.84 Å². The molecule has 0 aromatic carbocycles. The summed E-state index contributed by atoms with van der Waals surface area (Å²) in [5.74, 6) is 0.617. The van der Waals surface area contributed by atoms with Gasteiger partial charge in [-0.2, -0.15) is 12.6 Å². The summed E-state index contributed by atoms with van der Waals surface area (Å²) < 4.78 is 5.30. The smallest absolute Gasteiger partial charge is 0.139 e. The van der Waals surface area contributed by atoms with E-state index in [0.29, 0.717) is 5.75 Å². The van der Waals surface area contributed by atoms with Crippen LogP contribution in [-0.4, -0.2) is 36.9 Å². The molecule has 0 aromatic rings. The average molecular weight is 146 g/mol. The molecule has 2 nitrogen and oxygen atoms in total. The minimum Gasteiger partial charge on any atom is -0.390 e. The van der Waals surface area contributed by atoms with Crippen molar-refractivity contribution >= 4 is 20.5 Å². The lowest BCUT2D eigenvalue weighted by Gasteiger charge is -2.09. The number of hydrogen-bond donors (Lipinski definition) is 2. The third kappa shape index (κ3) is 1.63. The summed E-state index contributed by atoms with van der Waals surface area (Å²) in [4.78, 5) is 0. The first-order valence-electron chi connectivity index (χ1n) is 3.18. The molecule has 0 radical (unpaired) electrons. The summed E-state index contributed by atoms with van der Waals surface area (Å²) in [7, 11) is 1.96. The van der Waals surface area contributed by atoms with Crippen LogP contribution in [0.3, 0.4) is 0 Å². The molecule has 1 N–H and O–H groups in total. The molecule has 4 heteroatoms. The fourth-order valence-corrected chi connectivity index (χ4v) is 1.43. The predicted octanol–water partition coefficient (Wildman–Crippen LogP) is -0.975. The molecule has 0 bridgehead atoms. The Hall–Kier alpha value is 0.335. The zero-order chi connectivity index (χ0) is 6.85. The van der Waals surface area contributed by atoms with Crippen molar-refractivity contribution in [2.75, 3.05) is 5.75 Å². The molecule has 0 aliphatic carbocycles. The van der Waals surface area contributed by atoms with Crippen LogP contribution in [0.1, 0.15) is 6.42 Å². The van der Waals surface area contributed by atoms with Gasteiger partial charge >= 0.3 is 0 Å². The fourth-order valence-electron chi connectivity index (χ4n) is 1.10. The van der Waals surface area contributed by atoms with E-state index in [-0.39, 0.29) is 18.2 Å². The average Bonchev–Trinajstić information content (AvgIpc) is 2.10. The molecule has 0 unspecified atom stereocenters. The summed E-state index contributed by atoms with van der Waals surface area (Å²) >= 11 is 4.03. The molecule has 1 fully saturated rings. The van der Waals surface area contributed by atoms with Crippen molar-refractivity contribution in [1.29, 1.82) is 0 Å². The van der Waals surface area contributed by atoms with Gasteiger partial charge in [-0.3, -0.25) is 0 Å². The van der Waals surface area contributed by atoms with Crippen LogP contribution in [-0.2, 0) is 4.74 Å². The number of rotatable bonds is 1. The quantitative estimate of drug-likeness (QED) is 0.368. The van der Waals surface area contributed by atoms with Gasteiger partial charge in [-0.05, 0) is 6.42 Å². The maximum Gasteiger partial charge on any atom is 0.139 e. The Bertz CT molecular complexity index is 101. The van der Waals surface area contributed by atoms with E-state index in [2.05, 4.69) is 12.6 Å². The standard InChI is InChI=1S/C5H11BO2S/c6-5-1-3(7)4(2-9)8-5/h3-5,7,9H,1-2,6H2/t3-,4+,5+/m0/s1. The van der Waals surface area contributed by atoms with Gasteiger partial charge in [-0.1, -0.05) is 0 Å². The van der Waals surface area contributed by atoms with Crippen molar-refractivity contribution in [1.82, 2.24) is 0 Å². The molecular weight excluding hydrogens is 135 g/mol. The van der Waals surface area contributed by atoms with Crippen molar-refractivity contribution in [2.45, 2.75) is 24.6 Å². The second-order valence-corrected chi connectivity index (χ2v) is 2.84. The Morgan fingerprint density at radius 1 is 1.78 bits per heavy atom. The molecule has 0 amide bonds. The second kappa shape index (κ2) is 2.95. The molecule has 1 rings (SSSR count). The minimum absolute atomic E-state index is 0.0386. The highest BCUT2D eigenvalue weighted by molar-refractivity contribution is 7.80. The molecule has 9 heavy (non-hydrogen) atoms. The van der Waals surface area contributed by atoms with E-state index in [4.69, 9.17) is 4.74 Å². The molecule has 0 aromatic heterocycles. The summed E-state index contributed by atoms with van der Waals surface area (Å²) in [6, 6.07) is 0.206. The van der Waals surface area contributed by atoms with Gasteiger partial charge in [0.1, 0.15) is 7.85 Å². The monoisotopic (exact) mass is 146 g/mol. The summed E-state index contributed by atoms with van der Waals surface area (Å²) in [5.41, 5.74) is 0. The van der Waals surface area contributed by atoms with Crippen molar-refractivity contribution < 1.29 is 9.84 Å². The lowest BCUT2D eigenvalue weighted by Crippen LogP contribution is -2.22. The third-order valence-corrected chi connectivity index (χ3v) is 1.95. The molecule has 0 saturated carbocycles. The van der Waals surface area contributed by atoms with Crippen LogP contribution >= 0.6 is 12.6 Å². The van der Waals surface area contributed by atoms with Crippen molar-refractivity contribution in [3.05, 3.63) is 0 Å². The first-order chi connectivity index (χ1) is 4.24. The van der Waals surface area contributed by atoms with Crippen LogP contribution in [0.4, 0.5) is 0 Å². The molecule has 1 aliphatic rings. The molecule has 3 atom stereocenters. The number of aliphatic hydroxyl groups excluding tert-OH is 1. The van der Waals surface area contributed by atoms with E-state index < -0.39 is 0 Å². The van der Waals surface area contributed by atoms with Crippen LogP contribution in [0.5, 0.6) is 0 Å². The molecule has 1 saturated heterocycles. The fraction of sp³-hybridized carbons (Fsp3) is 1.00. The SMILES string of the molecule is B[C@H]1C[C@H](O)[C@@H](CS)O1. The highest BCUT2D eigenvalue weighted by Crippen LogP contribution is 2.18. The van der Waals surface area contributed by atoms with Gasteiger partial charge in [0.05, 0.1) is 12.2 Å². The highest BCUT2D eigenvalue weighted by Gasteiger charge is 2.29. The van der Waals surface area contributed by atoms with Crippen LogP contribution in [0.25, 0.3) is 0 Å². The largest absolute Gasteiger partial charge is 0.390 e. The maximum atomic E-state index is 9.19. The van der Waals surface area contributed by atoms with Gasteiger partial charge in [0.2, 0.25) is 0 Å². The first-order valence-corrected chi connectivity index (χ1v) is 3.81. The Labute approximate surface area is 61.4 Å². The van der Waals surface area contributed by atoms with Crippen LogP contribution in [0.15, 0.2) is 0 Å². The number of thiol groups is 1.